The first-order chi connectivity index (χ1) is 20.0. The van der Waals surface area contributed by atoms with E-state index in [4.69, 9.17) is 13.9 Å². The number of rotatable bonds is 12. The molecule has 0 aromatic heterocycles. The molecule has 2 aromatic rings. The zero-order valence-corrected chi connectivity index (χ0v) is 28.2. The van der Waals surface area contributed by atoms with Crippen molar-refractivity contribution in [1.29, 1.82) is 0 Å². The Bertz CT molecular complexity index is 1220. The summed E-state index contributed by atoms with van der Waals surface area (Å²) in [6.07, 6.45) is 0.0639. The molecule has 0 spiro atoms. The van der Waals surface area contributed by atoms with E-state index in [9.17, 15) is 14.4 Å². The van der Waals surface area contributed by atoms with Gasteiger partial charge in [0.1, 0.15) is 12.2 Å². The van der Waals surface area contributed by atoms with Gasteiger partial charge in [0.05, 0.1) is 0 Å². The molecule has 0 saturated carbocycles. The van der Waals surface area contributed by atoms with Crippen molar-refractivity contribution in [2.24, 2.45) is 11.3 Å². The average Bonchev–Trinajstić information content (AvgIpc) is 3.19. The molecule has 2 amide bonds. The van der Waals surface area contributed by atoms with Crippen molar-refractivity contribution in [2.75, 3.05) is 19.7 Å². The minimum absolute atomic E-state index is 0.0298. The molecule has 3 rings (SSSR count). The van der Waals surface area contributed by atoms with E-state index in [1.807, 2.05) is 81.4 Å². The number of carbonyl (C=O) groups is 3. The summed E-state index contributed by atoms with van der Waals surface area (Å²) in [5, 5.41) is 2.75. The van der Waals surface area contributed by atoms with Gasteiger partial charge in [-0.2, -0.15) is 0 Å². The first-order valence-corrected chi connectivity index (χ1v) is 18.1. The van der Waals surface area contributed by atoms with Crippen molar-refractivity contribution in [3.63, 3.8) is 0 Å². The number of carbonyl (C=O) groups excluding carboxylic acids is 3. The van der Waals surface area contributed by atoms with Crippen LogP contribution >= 0.6 is 0 Å². The highest BCUT2D eigenvalue weighted by molar-refractivity contribution is 6.74. The Balaban J connectivity index is 1.83. The Kier molecular flexibility index (Phi) is 11.2. The summed E-state index contributed by atoms with van der Waals surface area (Å²) in [7, 11) is -2.18. The van der Waals surface area contributed by atoms with E-state index < -0.39 is 37.3 Å². The van der Waals surface area contributed by atoms with Gasteiger partial charge in [-0.3, -0.25) is 9.59 Å². The molecule has 1 N–H and O–H groups in total. The van der Waals surface area contributed by atoms with Gasteiger partial charge in [0.25, 0.3) is 0 Å². The van der Waals surface area contributed by atoms with Gasteiger partial charge < -0.3 is 24.1 Å². The summed E-state index contributed by atoms with van der Waals surface area (Å²) in [4.78, 5) is 42.6. The zero-order chi connectivity index (χ0) is 31.9. The number of esters is 1. The van der Waals surface area contributed by atoms with Crippen LogP contribution in [0.1, 0.15) is 65.5 Å². The highest BCUT2D eigenvalue weighted by Crippen LogP contribution is 2.46. The molecule has 1 aliphatic rings. The fraction of sp³-hybridized carbons (Fsp3) is 0.559. The van der Waals surface area contributed by atoms with Crippen molar-refractivity contribution in [1.82, 2.24) is 10.2 Å². The first-order valence-electron chi connectivity index (χ1n) is 15.2. The number of hydrogen-bond donors (Lipinski definition) is 1. The third-order valence-corrected chi connectivity index (χ3v) is 13.0. The number of likely N-dealkylation sites (tertiary alicyclic amines) is 1. The number of benzene rings is 2. The molecule has 0 aliphatic carbocycles. The molecule has 0 unspecified atom stereocenters. The van der Waals surface area contributed by atoms with E-state index in [0.29, 0.717) is 19.5 Å². The molecule has 0 bridgehead atoms. The maximum absolute atomic E-state index is 14.3. The highest BCUT2D eigenvalue weighted by Gasteiger charge is 2.60. The minimum atomic E-state index is -2.18. The standard InChI is InChI=1S/C34H50N2O6Si/c1-32(2,3)42-30(38)34(20-15-21-35-31(39)40-24-27-18-13-10-14-19-27)28(25-41-43(7,8)33(4,5)6)23-36(29(34)37)22-26-16-11-9-12-17-26/h9-14,16-19,28H,15,20-25H2,1-8H3,(H,35,39)/t28-,34+/m1/s1. The second-order valence-electron chi connectivity index (χ2n) is 14.0. The van der Waals surface area contributed by atoms with E-state index in [0.717, 1.165) is 11.1 Å². The molecular weight excluding hydrogens is 560 g/mol. The van der Waals surface area contributed by atoms with Gasteiger partial charge in [0.2, 0.25) is 5.91 Å². The molecule has 1 saturated heterocycles. The molecule has 8 nitrogen and oxygen atoms in total. The number of amides is 2. The van der Waals surface area contributed by atoms with Crippen LogP contribution in [0.15, 0.2) is 60.7 Å². The smallest absolute Gasteiger partial charge is 0.407 e. The van der Waals surface area contributed by atoms with Gasteiger partial charge in [-0.25, -0.2) is 4.79 Å². The van der Waals surface area contributed by atoms with Crippen LogP contribution in [0.3, 0.4) is 0 Å². The minimum Gasteiger partial charge on any atom is -0.459 e. The Labute approximate surface area is 258 Å². The molecule has 0 radical (unpaired) electrons. The predicted octanol–water partition coefficient (Wildman–Crippen LogP) is 6.70. The predicted molar refractivity (Wildman–Crippen MR) is 171 cm³/mol. The Morgan fingerprint density at radius 1 is 0.953 bits per heavy atom. The molecule has 2 aromatic carbocycles. The molecule has 9 heteroatoms. The van der Waals surface area contributed by atoms with Crippen molar-refractivity contribution >= 4 is 26.3 Å². The Morgan fingerprint density at radius 3 is 2.09 bits per heavy atom. The quantitative estimate of drug-likeness (QED) is 0.124. The number of alkyl carbamates (subject to hydrolysis) is 1. The van der Waals surface area contributed by atoms with E-state index >= 15 is 0 Å². The summed E-state index contributed by atoms with van der Waals surface area (Å²) in [6.45, 7) is 17.8. The molecule has 1 fully saturated rings. The number of hydrogen-bond acceptors (Lipinski definition) is 6. The second-order valence-corrected chi connectivity index (χ2v) is 18.8. The SMILES string of the molecule is CC(C)(C)OC(=O)[C@]1(CCCNC(=O)OCc2ccccc2)C(=O)N(Cc2ccccc2)C[C@@H]1CO[Si](C)(C)C(C)(C)C. The monoisotopic (exact) mass is 610 g/mol. The van der Waals surface area contributed by atoms with Gasteiger partial charge in [-0.15, -0.1) is 0 Å². The lowest BCUT2D eigenvalue weighted by atomic mass is 9.74. The zero-order valence-electron chi connectivity index (χ0n) is 27.2. The lowest BCUT2D eigenvalue weighted by molar-refractivity contribution is -0.174. The first kappa shape index (κ1) is 34.3. The topological polar surface area (TPSA) is 94.2 Å². The van der Waals surface area contributed by atoms with Crippen LogP contribution in [-0.4, -0.2) is 56.5 Å². The largest absolute Gasteiger partial charge is 0.459 e. The molecule has 236 valence electrons. The number of ether oxygens (including phenoxy) is 2. The van der Waals surface area contributed by atoms with Crippen LogP contribution in [0.2, 0.25) is 18.1 Å². The third kappa shape index (κ3) is 9.16. The number of nitrogens with zero attached hydrogens (tertiary/aromatic N) is 1. The lowest BCUT2D eigenvalue weighted by Crippen LogP contribution is -2.50. The highest BCUT2D eigenvalue weighted by atomic mass is 28.4. The van der Waals surface area contributed by atoms with Crippen LogP contribution in [0.4, 0.5) is 4.79 Å². The summed E-state index contributed by atoms with van der Waals surface area (Å²) in [5.74, 6) is -1.19. The van der Waals surface area contributed by atoms with Crippen LogP contribution < -0.4 is 5.32 Å². The van der Waals surface area contributed by atoms with Crippen LogP contribution in [0.5, 0.6) is 0 Å². The van der Waals surface area contributed by atoms with Crippen LogP contribution in [-0.2, 0) is 36.6 Å². The van der Waals surface area contributed by atoms with Crippen LogP contribution in [0, 0.1) is 11.3 Å². The molecular formula is C34H50N2O6Si. The van der Waals surface area contributed by atoms with E-state index in [1.54, 1.807) is 4.90 Å². The normalized spacial score (nSPS) is 19.3. The van der Waals surface area contributed by atoms with Gasteiger partial charge in [-0.1, -0.05) is 81.4 Å². The Hall–Kier alpha value is -3.17. The third-order valence-electron chi connectivity index (χ3n) is 8.47. The van der Waals surface area contributed by atoms with E-state index in [1.165, 1.54) is 0 Å². The summed E-state index contributed by atoms with van der Waals surface area (Å²) < 4.78 is 17.9. The van der Waals surface area contributed by atoms with Gasteiger partial charge in [0, 0.05) is 32.2 Å². The molecule has 1 aliphatic heterocycles. The van der Waals surface area contributed by atoms with E-state index in [2.05, 4.69) is 39.2 Å². The summed E-state index contributed by atoms with van der Waals surface area (Å²) in [6, 6.07) is 19.2. The number of nitrogens with one attached hydrogen (secondary N) is 1. The maximum Gasteiger partial charge on any atom is 0.407 e. The van der Waals surface area contributed by atoms with Gasteiger partial charge in [-0.05, 0) is 62.9 Å². The van der Waals surface area contributed by atoms with Gasteiger partial charge >= 0.3 is 12.1 Å². The molecule has 43 heavy (non-hydrogen) atoms. The lowest BCUT2D eigenvalue weighted by Gasteiger charge is -2.39. The van der Waals surface area contributed by atoms with Crippen molar-refractivity contribution in [3.8, 4) is 0 Å². The van der Waals surface area contributed by atoms with Gasteiger partial charge in [0.15, 0.2) is 13.7 Å². The summed E-state index contributed by atoms with van der Waals surface area (Å²) >= 11 is 0. The fourth-order valence-electron chi connectivity index (χ4n) is 4.99. The van der Waals surface area contributed by atoms with Crippen LogP contribution in [0.25, 0.3) is 0 Å². The van der Waals surface area contributed by atoms with Crippen molar-refractivity contribution < 1.29 is 28.3 Å². The molecule has 1 heterocycles. The maximum atomic E-state index is 14.3. The van der Waals surface area contributed by atoms with Crippen molar-refractivity contribution in [3.05, 3.63) is 71.8 Å². The average molecular weight is 611 g/mol. The second kappa shape index (κ2) is 14.1. The van der Waals surface area contributed by atoms with Crippen molar-refractivity contribution in [2.45, 2.75) is 91.3 Å². The Morgan fingerprint density at radius 2 is 1.53 bits per heavy atom. The fourth-order valence-corrected chi connectivity index (χ4v) is 6.04. The van der Waals surface area contributed by atoms with E-state index in [-0.39, 0.29) is 37.1 Å². The molecule has 2 atom stereocenters. The summed E-state index contributed by atoms with van der Waals surface area (Å²) in [5.41, 5.74) is -0.328.